The van der Waals surface area contributed by atoms with E-state index in [1.54, 1.807) is 0 Å². The third-order valence-electron chi connectivity index (χ3n) is 0. The van der Waals surface area contributed by atoms with Crippen LogP contribution in [0.15, 0.2) is 0 Å². The van der Waals surface area contributed by atoms with E-state index in [1.807, 2.05) is 0 Å². The molecule has 4 heteroatoms. The van der Waals surface area contributed by atoms with Crippen molar-refractivity contribution in [2.75, 3.05) is 0 Å². The largest absolute Gasteiger partial charge is 3.00 e. The van der Waals surface area contributed by atoms with Crippen molar-refractivity contribution in [3.63, 3.8) is 0 Å². The average molecular weight is 222 g/mol. The Labute approximate surface area is 66.2 Å². The summed E-state index contributed by atoms with van der Waals surface area (Å²) in [5.74, 6) is 0. The summed E-state index contributed by atoms with van der Waals surface area (Å²) in [7, 11) is 0. The molecule has 0 atom stereocenters. The van der Waals surface area contributed by atoms with Crippen LogP contribution in [0.2, 0.25) is 0 Å². The summed E-state index contributed by atoms with van der Waals surface area (Å²) in [6.45, 7) is 0. The van der Waals surface area contributed by atoms with Crippen molar-refractivity contribution >= 4 is 17.4 Å². The summed E-state index contributed by atoms with van der Waals surface area (Å²) in [6, 6.07) is 0. The molecule has 0 heterocycles. The van der Waals surface area contributed by atoms with E-state index in [4.69, 9.17) is 0 Å². The molecule has 0 amide bonds. The summed E-state index contributed by atoms with van der Waals surface area (Å²) in [5.41, 5.74) is 0. The molecule has 0 aromatic heterocycles. The van der Waals surface area contributed by atoms with Crippen LogP contribution in [0.5, 0.6) is 0 Å². The molecule has 0 rings (SSSR count). The molecule has 4 heavy (non-hydrogen) atoms. The molecule has 0 fully saturated rings. The van der Waals surface area contributed by atoms with Crippen molar-refractivity contribution in [1.29, 1.82) is 0 Å². The van der Waals surface area contributed by atoms with E-state index in [9.17, 15) is 0 Å². The first-order chi connectivity index (χ1) is 0. The van der Waals surface area contributed by atoms with Crippen LogP contribution in [-0.2, 0) is 0 Å². The third kappa shape index (κ3) is 9.33. The standard InChI is InChI=1S/Al.Er.2N/q2*+3;2*-3. The summed E-state index contributed by atoms with van der Waals surface area (Å²) in [5, 5.41) is 0. The van der Waals surface area contributed by atoms with E-state index in [1.165, 1.54) is 0 Å². The van der Waals surface area contributed by atoms with Gasteiger partial charge in [0.25, 0.3) is 0 Å². The second kappa shape index (κ2) is 22.3. The molecule has 0 bridgehead atoms. The molecule has 1 radical (unpaired) electrons. The molecule has 0 unspecified atom stereocenters. The maximum absolute atomic E-state index is 0. The van der Waals surface area contributed by atoms with Gasteiger partial charge in [-0.3, -0.25) is 0 Å². The summed E-state index contributed by atoms with van der Waals surface area (Å²) >= 11 is 0. The van der Waals surface area contributed by atoms with Crippen LogP contribution < -0.4 is 0 Å². The quantitative estimate of drug-likeness (QED) is 0.526. The zero-order chi connectivity index (χ0) is 0. The number of nitrogens with zero attached hydrogens (tertiary/aromatic N) is 2. The Morgan fingerprint density at radius 3 is 0.750 bits per heavy atom. The van der Waals surface area contributed by atoms with Gasteiger partial charge in [0.1, 0.15) is 0 Å². The summed E-state index contributed by atoms with van der Waals surface area (Å²) < 4.78 is 0. The Balaban J connectivity index is 0. The molecule has 0 spiro atoms. The van der Waals surface area contributed by atoms with E-state index in [2.05, 4.69) is 0 Å². The second-order valence-electron chi connectivity index (χ2n) is 0. The van der Waals surface area contributed by atoms with E-state index in [0.717, 1.165) is 0 Å². The number of hydrogen-bond donors (Lipinski definition) is 0. The number of rotatable bonds is 0. The van der Waals surface area contributed by atoms with Crippen LogP contribution in [0.25, 0.3) is 12.3 Å². The Morgan fingerprint density at radius 2 is 0.750 bits per heavy atom. The molecule has 0 aromatic rings. The van der Waals surface area contributed by atoms with Crippen LogP contribution in [0.4, 0.5) is 0 Å². The van der Waals surface area contributed by atoms with Crippen molar-refractivity contribution in [2.45, 2.75) is 0 Å². The Morgan fingerprint density at radius 1 is 0.750 bits per heavy atom. The molecule has 0 saturated carbocycles. The fourth-order valence-electron chi connectivity index (χ4n) is 0. The van der Waals surface area contributed by atoms with E-state index in [-0.39, 0.29) is 67.0 Å². The zero-order valence-electron chi connectivity index (χ0n) is 1.76. The molecule has 0 aliphatic carbocycles. The van der Waals surface area contributed by atoms with Crippen LogP contribution in [0.3, 0.4) is 0 Å². The van der Waals surface area contributed by atoms with Gasteiger partial charge in [0.15, 0.2) is 0 Å². The molecule has 2 nitrogen and oxygen atoms in total. The fourth-order valence-corrected chi connectivity index (χ4v) is 0. The SMILES string of the molecule is [Al+3].[Er+3].[N-3].[N-3]. The van der Waals surface area contributed by atoms with Gasteiger partial charge >= 0.3 is 54.7 Å². The van der Waals surface area contributed by atoms with Gasteiger partial charge in [-0.05, 0) is 0 Å². The fraction of sp³-hybridized carbons (Fsp3) is 0. The maximum atomic E-state index is 0. The maximum Gasteiger partial charge on any atom is 3.00 e. The van der Waals surface area contributed by atoms with E-state index in [0.29, 0.717) is 0 Å². The molecule has 0 aliphatic heterocycles. The van der Waals surface area contributed by atoms with Crippen molar-refractivity contribution in [3.05, 3.63) is 12.3 Å². The van der Waals surface area contributed by atoms with E-state index < -0.39 is 0 Å². The minimum Gasteiger partial charge on any atom is -3.00 e. The molecular formula is AlErN2. The van der Waals surface area contributed by atoms with Gasteiger partial charge < -0.3 is 12.3 Å². The van der Waals surface area contributed by atoms with Gasteiger partial charge in [-0.2, -0.15) is 0 Å². The van der Waals surface area contributed by atoms with E-state index >= 15 is 0 Å². The monoisotopic (exact) mass is 221 g/mol. The normalized spacial score (nSPS) is 0. The minimum atomic E-state index is 0. The average Bonchev–Trinajstić information content (AvgIpc) is 0. The van der Waals surface area contributed by atoms with Crippen molar-refractivity contribution in [2.24, 2.45) is 0 Å². The molecule has 0 aliphatic rings. The summed E-state index contributed by atoms with van der Waals surface area (Å²) in [4.78, 5) is 0. The van der Waals surface area contributed by atoms with Crippen LogP contribution >= 0.6 is 0 Å². The van der Waals surface area contributed by atoms with Crippen molar-refractivity contribution in [3.8, 4) is 0 Å². The van der Waals surface area contributed by atoms with Gasteiger partial charge in [-0.1, -0.05) is 0 Å². The first-order valence-electron chi connectivity index (χ1n) is 0. The Hall–Kier alpha value is 1.70. The first-order valence-corrected chi connectivity index (χ1v) is 0. The van der Waals surface area contributed by atoms with Crippen molar-refractivity contribution < 1.29 is 37.3 Å². The molecule has 25 valence electrons. The molecule has 0 saturated heterocycles. The Bertz CT molecular complexity index is 6.00. The minimum absolute atomic E-state index is 0. The van der Waals surface area contributed by atoms with Gasteiger partial charge in [0, 0.05) is 0 Å². The number of hydrogen-bond acceptors (Lipinski definition) is 0. The predicted molar refractivity (Wildman–Crippen MR) is 12.5 cm³/mol. The van der Waals surface area contributed by atoms with Gasteiger partial charge in [-0.15, -0.1) is 0 Å². The Kier molecular flexibility index (Phi) is 243. The van der Waals surface area contributed by atoms with Gasteiger partial charge in [0.2, 0.25) is 0 Å². The van der Waals surface area contributed by atoms with Crippen LogP contribution in [0.1, 0.15) is 0 Å². The van der Waals surface area contributed by atoms with Gasteiger partial charge in [0.05, 0.1) is 0 Å². The third-order valence-corrected chi connectivity index (χ3v) is 0. The summed E-state index contributed by atoms with van der Waals surface area (Å²) in [6.07, 6.45) is 0. The zero-order valence-corrected chi connectivity index (χ0v) is 4.77. The second-order valence-corrected chi connectivity index (χ2v) is 0. The topological polar surface area (TPSA) is 61.0 Å². The van der Waals surface area contributed by atoms with Crippen molar-refractivity contribution in [1.82, 2.24) is 0 Å². The molecular weight excluding hydrogens is 222 g/mol. The molecule has 0 N–H and O–H groups in total. The first kappa shape index (κ1) is 43.6. The van der Waals surface area contributed by atoms with Gasteiger partial charge in [-0.25, -0.2) is 0 Å². The molecule has 0 aromatic carbocycles. The van der Waals surface area contributed by atoms with Crippen LogP contribution in [-0.4, -0.2) is 17.4 Å². The smallest absolute Gasteiger partial charge is 3.00 e. The predicted octanol–water partition coefficient (Wildman–Crippen LogP) is 0.197. The van der Waals surface area contributed by atoms with Crippen LogP contribution in [0, 0.1) is 37.3 Å².